The number of methoxy groups -OCH3 is 1. The molecule has 230 valence electrons. The molecule has 0 bridgehead atoms. The van der Waals surface area contributed by atoms with Crippen molar-refractivity contribution in [3.8, 4) is 22.9 Å². The summed E-state index contributed by atoms with van der Waals surface area (Å²) in [5.41, 5.74) is 4.02. The van der Waals surface area contributed by atoms with E-state index < -0.39 is 0 Å². The number of carbonyl (C=O) groups is 1. The number of piperazine rings is 1. The fourth-order valence-corrected chi connectivity index (χ4v) is 6.67. The van der Waals surface area contributed by atoms with E-state index in [1.165, 1.54) is 0 Å². The molecule has 0 radical (unpaired) electrons. The number of aromatic nitrogens is 2. The standard InChI is InChI=1S/C35H34ClN5O4/c1-44-31-21-29-25(10-13-27-6-4-16-40(27)35(29)43)20-32(31)45-19-5-14-38-17-18-39(22-28(38)23-42)34-30-7-2-3-15-41(30)33(37-34)24-8-11-26(36)12-9-24/h2-3,7-13,15,20-21,27H,4-6,14,16-19,22H2,1H3/t27-/m0/s1. The number of hydrogen-bond donors (Lipinski definition) is 0. The summed E-state index contributed by atoms with van der Waals surface area (Å²) in [5.74, 6) is 5.03. The predicted octanol–water partition coefficient (Wildman–Crippen LogP) is 5.60. The Labute approximate surface area is 266 Å². The average Bonchev–Trinajstić information content (AvgIpc) is 3.68. The van der Waals surface area contributed by atoms with Gasteiger partial charge in [-0.25, -0.2) is 9.78 Å². The molecule has 0 N–H and O–H groups in total. The maximum absolute atomic E-state index is 13.2. The highest BCUT2D eigenvalue weighted by molar-refractivity contribution is 6.30. The number of ether oxygens (including phenoxy) is 2. The summed E-state index contributed by atoms with van der Waals surface area (Å²) in [6, 6.07) is 17.5. The molecule has 3 aliphatic heterocycles. The van der Waals surface area contributed by atoms with Crippen LogP contribution in [0.3, 0.4) is 0 Å². The first-order chi connectivity index (χ1) is 22.0. The molecule has 0 aliphatic carbocycles. The molecule has 0 spiro atoms. The molecule has 2 aromatic heterocycles. The van der Waals surface area contributed by atoms with E-state index in [2.05, 4.69) is 26.2 Å². The van der Waals surface area contributed by atoms with E-state index in [0.29, 0.717) is 67.0 Å². The first kappa shape index (κ1) is 29.0. The van der Waals surface area contributed by atoms with E-state index in [1.807, 2.05) is 65.7 Å². The monoisotopic (exact) mass is 623 g/mol. The lowest BCUT2D eigenvalue weighted by atomic mass is 10.1. The van der Waals surface area contributed by atoms with Gasteiger partial charge in [0.25, 0.3) is 5.91 Å². The number of anilines is 1. The summed E-state index contributed by atoms with van der Waals surface area (Å²) in [7, 11) is 1.59. The van der Waals surface area contributed by atoms with Crippen LogP contribution in [0.15, 0.2) is 72.6 Å². The summed E-state index contributed by atoms with van der Waals surface area (Å²) < 4.78 is 13.8. The minimum atomic E-state index is 0.0411. The van der Waals surface area contributed by atoms with Gasteiger partial charge >= 0.3 is 0 Å². The molecule has 2 saturated heterocycles. The molecule has 7 rings (SSSR count). The van der Waals surface area contributed by atoms with Crippen molar-refractivity contribution in [1.29, 1.82) is 0 Å². The number of fused-ring (bicyclic) bond motifs is 3. The highest BCUT2D eigenvalue weighted by atomic mass is 35.5. The van der Waals surface area contributed by atoms with Gasteiger partial charge < -0.3 is 24.2 Å². The molecule has 1 atom stereocenters. The Bertz CT molecular complexity index is 1830. The van der Waals surface area contributed by atoms with Crippen molar-refractivity contribution in [2.24, 2.45) is 0 Å². The van der Waals surface area contributed by atoms with Crippen LogP contribution in [0.25, 0.3) is 23.0 Å². The molecule has 4 aromatic rings. The van der Waals surface area contributed by atoms with E-state index in [9.17, 15) is 9.59 Å². The molecule has 2 fully saturated rings. The number of carbonyl (C=O) groups excluding carboxylic acids is 2. The predicted molar refractivity (Wildman–Crippen MR) is 175 cm³/mol. The fraction of sp³-hybridized carbons (Fsp3) is 0.314. The van der Waals surface area contributed by atoms with Gasteiger partial charge in [0.2, 0.25) is 0 Å². The third-order valence-corrected chi connectivity index (χ3v) is 9.12. The molecule has 10 heteroatoms. The van der Waals surface area contributed by atoms with Crippen molar-refractivity contribution in [2.45, 2.75) is 25.3 Å². The van der Waals surface area contributed by atoms with E-state index in [1.54, 1.807) is 13.2 Å². The van der Waals surface area contributed by atoms with Gasteiger partial charge in [0.05, 0.1) is 37.4 Å². The number of nitrogens with zero attached hydrogens (tertiary/aromatic N) is 5. The highest BCUT2D eigenvalue weighted by Crippen LogP contribution is 2.36. The second-order valence-corrected chi connectivity index (χ2v) is 12.0. The van der Waals surface area contributed by atoms with Crippen LogP contribution in [-0.2, 0) is 4.79 Å². The summed E-state index contributed by atoms with van der Waals surface area (Å²) in [4.78, 5) is 36.5. The van der Waals surface area contributed by atoms with Gasteiger partial charge in [0.15, 0.2) is 17.3 Å². The molecule has 3 aliphatic rings. The molecular formula is C35H34ClN5O4. The molecular weight excluding hydrogens is 590 g/mol. The van der Waals surface area contributed by atoms with Crippen molar-refractivity contribution < 1.29 is 19.1 Å². The molecule has 2 aromatic carbocycles. The SMILES string of the molecule is COc1cc2c(cc1OCCCN1CCN(c3nc(-c4ccc(Cl)cc4)n4ccccc34)CC1=C=O)C=C[C@@H]1CCCN1C2=O. The Hall–Kier alpha value is -4.72. The van der Waals surface area contributed by atoms with Crippen LogP contribution >= 0.6 is 11.6 Å². The zero-order valence-corrected chi connectivity index (χ0v) is 25.9. The van der Waals surface area contributed by atoms with E-state index in [0.717, 1.165) is 47.7 Å². The van der Waals surface area contributed by atoms with Crippen molar-refractivity contribution in [3.63, 3.8) is 0 Å². The van der Waals surface area contributed by atoms with Crippen molar-refractivity contribution in [1.82, 2.24) is 19.2 Å². The first-order valence-corrected chi connectivity index (χ1v) is 15.7. The number of benzene rings is 2. The number of hydrogen-bond acceptors (Lipinski definition) is 7. The third-order valence-electron chi connectivity index (χ3n) is 8.87. The quantitative estimate of drug-likeness (QED) is 0.187. The van der Waals surface area contributed by atoms with Crippen LogP contribution in [0, 0.1) is 0 Å². The third kappa shape index (κ3) is 5.54. The van der Waals surface area contributed by atoms with Crippen LogP contribution in [0.4, 0.5) is 5.82 Å². The minimum absolute atomic E-state index is 0.0411. The zero-order chi connectivity index (χ0) is 30.9. The zero-order valence-electron chi connectivity index (χ0n) is 25.1. The molecule has 0 unspecified atom stereocenters. The van der Waals surface area contributed by atoms with Crippen LogP contribution < -0.4 is 14.4 Å². The van der Waals surface area contributed by atoms with Gasteiger partial charge in [-0.05, 0) is 73.4 Å². The van der Waals surface area contributed by atoms with Crippen molar-refractivity contribution in [2.75, 3.05) is 51.3 Å². The summed E-state index contributed by atoms with van der Waals surface area (Å²) in [6.45, 7) is 3.67. The Morgan fingerprint density at radius 3 is 2.76 bits per heavy atom. The van der Waals surface area contributed by atoms with E-state index in [4.69, 9.17) is 26.1 Å². The minimum Gasteiger partial charge on any atom is -0.493 e. The lowest BCUT2D eigenvalue weighted by Gasteiger charge is -2.36. The molecule has 1 amide bonds. The van der Waals surface area contributed by atoms with Gasteiger partial charge in [-0.3, -0.25) is 9.20 Å². The summed E-state index contributed by atoms with van der Waals surface area (Å²) >= 11 is 6.12. The lowest BCUT2D eigenvalue weighted by molar-refractivity contribution is 0.0763. The van der Waals surface area contributed by atoms with Gasteiger partial charge in [-0.1, -0.05) is 29.8 Å². The van der Waals surface area contributed by atoms with Gasteiger partial charge in [-0.2, -0.15) is 0 Å². The fourth-order valence-electron chi connectivity index (χ4n) is 6.54. The van der Waals surface area contributed by atoms with E-state index in [-0.39, 0.29) is 11.9 Å². The topological polar surface area (TPSA) is 79.6 Å². The molecule has 0 saturated carbocycles. The maximum Gasteiger partial charge on any atom is 0.255 e. The van der Waals surface area contributed by atoms with Gasteiger partial charge in [-0.15, -0.1) is 0 Å². The van der Waals surface area contributed by atoms with Crippen molar-refractivity contribution in [3.05, 3.63) is 88.7 Å². The van der Waals surface area contributed by atoms with Crippen molar-refractivity contribution >= 4 is 40.9 Å². The Balaban J connectivity index is 1.01. The number of amides is 1. The van der Waals surface area contributed by atoms with Crippen LogP contribution in [0.5, 0.6) is 11.5 Å². The number of imidazole rings is 1. The van der Waals surface area contributed by atoms with E-state index >= 15 is 0 Å². The molecule has 9 nitrogen and oxygen atoms in total. The first-order valence-electron chi connectivity index (χ1n) is 15.3. The summed E-state index contributed by atoms with van der Waals surface area (Å²) in [5, 5.41) is 0.674. The van der Waals surface area contributed by atoms with Gasteiger partial charge in [0.1, 0.15) is 17.5 Å². The van der Waals surface area contributed by atoms with Crippen LogP contribution in [-0.4, -0.2) is 83.5 Å². The summed E-state index contributed by atoms with van der Waals surface area (Å²) in [6.07, 6.45) is 8.85. The Morgan fingerprint density at radius 2 is 1.93 bits per heavy atom. The van der Waals surface area contributed by atoms with Gasteiger partial charge in [0, 0.05) is 43.0 Å². The molecule has 5 heterocycles. The largest absolute Gasteiger partial charge is 0.493 e. The second-order valence-electron chi connectivity index (χ2n) is 11.5. The smallest absolute Gasteiger partial charge is 0.255 e. The Kier molecular flexibility index (Phi) is 7.96. The average molecular weight is 624 g/mol. The highest BCUT2D eigenvalue weighted by Gasteiger charge is 2.32. The Morgan fingerprint density at radius 1 is 1.07 bits per heavy atom. The number of rotatable bonds is 8. The lowest BCUT2D eigenvalue weighted by Crippen LogP contribution is -2.45. The van der Waals surface area contributed by atoms with Crippen LogP contribution in [0.1, 0.15) is 35.2 Å². The molecule has 45 heavy (non-hydrogen) atoms. The second kappa shape index (κ2) is 12.3. The number of halogens is 1. The van der Waals surface area contributed by atoms with Crippen LogP contribution in [0.2, 0.25) is 5.02 Å². The normalized spacial score (nSPS) is 17.7. The maximum atomic E-state index is 13.2. The number of pyridine rings is 1.